The molecule has 0 aromatic rings. The average molecular weight is 152 g/mol. The van der Waals surface area contributed by atoms with E-state index in [1.807, 2.05) is 6.92 Å². The lowest BCUT2D eigenvalue weighted by atomic mass is 10.2. The molecule has 0 aromatic carbocycles. The van der Waals surface area contributed by atoms with Crippen LogP contribution in [-0.4, -0.2) is 0 Å². The van der Waals surface area contributed by atoms with Crippen LogP contribution in [0.1, 0.15) is 32.6 Å². The SMILES string of the molecule is CCCCCC(F)=C(F)F. The summed E-state index contributed by atoms with van der Waals surface area (Å²) in [5.41, 5.74) is 0. The molecule has 10 heavy (non-hydrogen) atoms. The van der Waals surface area contributed by atoms with Gasteiger partial charge in [-0.05, 0) is 6.42 Å². The van der Waals surface area contributed by atoms with E-state index >= 15 is 0 Å². The molecule has 0 radical (unpaired) electrons. The van der Waals surface area contributed by atoms with Gasteiger partial charge in [-0.1, -0.05) is 19.8 Å². The molecule has 0 aliphatic carbocycles. The van der Waals surface area contributed by atoms with Gasteiger partial charge in [-0.15, -0.1) is 0 Å². The van der Waals surface area contributed by atoms with Gasteiger partial charge in [0.25, 0.3) is 0 Å². The molecule has 0 saturated carbocycles. The van der Waals surface area contributed by atoms with Gasteiger partial charge in [0.05, 0.1) is 0 Å². The van der Waals surface area contributed by atoms with Crippen molar-refractivity contribution in [1.82, 2.24) is 0 Å². The van der Waals surface area contributed by atoms with Crippen molar-refractivity contribution in [3.63, 3.8) is 0 Å². The molecule has 0 nitrogen and oxygen atoms in total. The minimum Gasteiger partial charge on any atom is -0.206 e. The van der Waals surface area contributed by atoms with Crippen LogP contribution in [0.4, 0.5) is 13.2 Å². The van der Waals surface area contributed by atoms with E-state index in [-0.39, 0.29) is 6.42 Å². The van der Waals surface area contributed by atoms with Gasteiger partial charge in [0.15, 0.2) is 5.83 Å². The van der Waals surface area contributed by atoms with Gasteiger partial charge in [-0.2, -0.15) is 8.78 Å². The van der Waals surface area contributed by atoms with Crippen LogP contribution in [0.15, 0.2) is 11.9 Å². The van der Waals surface area contributed by atoms with Gasteiger partial charge in [0.2, 0.25) is 0 Å². The third-order valence-electron chi connectivity index (χ3n) is 1.20. The normalized spacial score (nSPS) is 9.60. The molecule has 0 aliphatic heterocycles. The summed E-state index contributed by atoms with van der Waals surface area (Å²) in [5.74, 6) is -1.26. The zero-order valence-corrected chi connectivity index (χ0v) is 5.96. The number of hydrogen-bond donors (Lipinski definition) is 0. The van der Waals surface area contributed by atoms with E-state index in [0.29, 0.717) is 6.42 Å². The van der Waals surface area contributed by atoms with Gasteiger partial charge >= 0.3 is 6.08 Å². The second-order valence-electron chi connectivity index (χ2n) is 2.12. The first-order chi connectivity index (χ1) is 4.68. The number of hydrogen-bond acceptors (Lipinski definition) is 0. The maximum Gasteiger partial charge on any atom is 0.301 e. The Hall–Kier alpha value is -0.470. The zero-order chi connectivity index (χ0) is 7.98. The first-order valence-electron chi connectivity index (χ1n) is 3.38. The molecule has 0 fully saturated rings. The molecule has 0 N–H and O–H groups in total. The van der Waals surface area contributed by atoms with Gasteiger partial charge in [0.1, 0.15) is 0 Å². The Morgan fingerprint density at radius 3 is 2.10 bits per heavy atom. The predicted molar refractivity (Wildman–Crippen MR) is 34.5 cm³/mol. The number of rotatable bonds is 4. The monoisotopic (exact) mass is 152 g/mol. The summed E-state index contributed by atoms with van der Waals surface area (Å²) < 4.78 is 34.7. The Morgan fingerprint density at radius 2 is 1.70 bits per heavy atom. The highest BCUT2D eigenvalue weighted by Gasteiger charge is 2.02. The minimum atomic E-state index is -2.17. The first-order valence-corrected chi connectivity index (χ1v) is 3.38. The molecule has 0 spiro atoms. The van der Waals surface area contributed by atoms with E-state index in [1.165, 1.54) is 0 Å². The molecule has 0 rings (SSSR count). The molecular formula is C7H11F3. The largest absolute Gasteiger partial charge is 0.301 e. The Balaban J connectivity index is 3.40. The summed E-state index contributed by atoms with van der Waals surface area (Å²) in [7, 11) is 0. The fourth-order valence-corrected chi connectivity index (χ4v) is 0.625. The Bertz CT molecular complexity index is 114. The molecule has 0 amide bonds. The van der Waals surface area contributed by atoms with Crippen LogP contribution < -0.4 is 0 Å². The standard InChI is InChI=1S/C7H11F3/c1-2-3-4-5-6(8)7(9)10/h2-5H2,1H3. The van der Waals surface area contributed by atoms with Gasteiger partial charge in [-0.3, -0.25) is 0 Å². The summed E-state index contributed by atoms with van der Waals surface area (Å²) >= 11 is 0. The van der Waals surface area contributed by atoms with Gasteiger partial charge in [-0.25, -0.2) is 4.39 Å². The molecule has 3 heteroatoms. The van der Waals surface area contributed by atoms with Crippen LogP contribution in [0.2, 0.25) is 0 Å². The first kappa shape index (κ1) is 9.53. The highest BCUT2D eigenvalue weighted by atomic mass is 19.3. The lowest BCUT2D eigenvalue weighted by Gasteiger charge is -1.93. The van der Waals surface area contributed by atoms with Gasteiger partial charge < -0.3 is 0 Å². The molecular weight excluding hydrogens is 141 g/mol. The van der Waals surface area contributed by atoms with Crippen LogP contribution in [0.3, 0.4) is 0 Å². The molecule has 0 aliphatic rings. The van der Waals surface area contributed by atoms with Crippen LogP contribution in [0, 0.1) is 0 Å². The molecule has 0 atom stereocenters. The van der Waals surface area contributed by atoms with E-state index in [0.717, 1.165) is 12.8 Å². The Morgan fingerprint density at radius 1 is 1.10 bits per heavy atom. The second kappa shape index (κ2) is 5.33. The van der Waals surface area contributed by atoms with Crippen LogP contribution in [0.25, 0.3) is 0 Å². The third kappa shape index (κ3) is 4.41. The van der Waals surface area contributed by atoms with E-state index in [9.17, 15) is 13.2 Å². The lowest BCUT2D eigenvalue weighted by molar-refractivity contribution is 0.367. The minimum absolute atomic E-state index is 0.115. The molecule has 60 valence electrons. The van der Waals surface area contributed by atoms with E-state index in [4.69, 9.17) is 0 Å². The van der Waals surface area contributed by atoms with Crippen molar-refractivity contribution in [3.05, 3.63) is 11.9 Å². The third-order valence-corrected chi connectivity index (χ3v) is 1.20. The highest BCUT2D eigenvalue weighted by Crippen LogP contribution is 2.16. The number of halogens is 3. The highest BCUT2D eigenvalue weighted by molar-refractivity contribution is 4.90. The van der Waals surface area contributed by atoms with Crippen molar-refractivity contribution in [2.24, 2.45) is 0 Å². The Kier molecular flexibility index (Phi) is 5.08. The van der Waals surface area contributed by atoms with Crippen LogP contribution in [-0.2, 0) is 0 Å². The van der Waals surface area contributed by atoms with Crippen molar-refractivity contribution in [2.45, 2.75) is 32.6 Å². The maximum absolute atomic E-state index is 12.0. The van der Waals surface area contributed by atoms with E-state index in [2.05, 4.69) is 0 Å². The summed E-state index contributed by atoms with van der Waals surface area (Å²) in [6.45, 7) is 1.94. The lowest BCUT2D eigenvalue weighted by Crippen LogP contribution is -1.78. The quantitative estimate of drug-likeness (QED) is 0.539. The van der Waals surface area contributed by atoms with Crippen LogP contribution >= 0.6 is 0 Å². The van der Waals surface area contributed by atoms with Gasteiger partial charge in [0, 0.05) is 6.42 Å². The van der Waals surface area contributed by atoms with E-state index in [1.54, 1.807) is 0 Å². The fraction of sp³-hybridized carbons (Fsp3) is 0.714. The topological polar surface area (TPSA) is 0 Å². The van der Waals surface area contributed by atoms with Crippen molar-refractivity contribution in [2.75, 3.05) is 0 Å². The molecule has 0 unspecified atom stereocenters. The smallest absolute Gasteiger partial charge is 0.206 e. The average Bonchev–Trinajstić information content (AvgIpc) is 1.88. The second-order valence-corrected chi connectivity index (χ2v) is 2.12. The summed E-state index contributed by atoms with van der Waals surface area (Å²) in [6.07, 6.45) is -0.0475. The summed E-state index contributed by atoms with van der Waals surface area (Å²) in [4.78, 5) is 0. The van der Waals surface area contributed by atoms with Crippen molar-refractivity contribution < 1.29 is 13.2 Å². The fourth-order valence-electron chi connectivity index (χ4n) is 0.625. The molecule has 0 aromatic heterocycles. The summed E-state index contributed by atoms with van der Waals surface area (Å²) in [6, 6.07) is 0. The van der Waals surface area contributed by atoms with Crippen molar-refractivity contribution >= 4 is 0 Å². The predicted octanol–water partition coefficient (Wildman–Crippen LogP) is 3.64. The van der Waals surface area contributed by atoms with Crippen LogP contribution in [0.5, 0.6) is 0 Å². The number of allylic oxidation sites excluding steroid dienone is 1. The van der Waals surface area contributed by atoms with Crippen molar-refractivity contribution in [1.29, 1.82) is 0 Å². The molecule has 0 saturated heterocycles. The molecule has 0 bridgehead atoms. The van der Waals surface area contributed by atoms with Crippen molar-refractivity contribution in [3.8, 4) is 0 Å². The zero-order valence-electron chi connectivity index (χ0n) is 5.96. The molecule has 0 heterocycles. The number of unbranched alkanes of at least 4 members (excludes halogenated alkanes) is 2. The maximum atomic E-state index is 12.0. The summed E-state index contributed by atoms with van der Waals surface area (Å²) in [5, 5.41) is 0. The Labute approximate surface area is 58.7 Å². The van der Waals surface area contributed by atoms with E-state index < -0.39 is 11.9 Å².